The lowest BCUT2D eigenvalue weighted by Crippen LogP contribution is -2.51. The molecule has 2 aromatic rings. The van der Waals surface area contributed by atoms with Crippen molar-refractivity contribution in [1.82, 2.24) is 0 Å². The maximum absolute atomic E-state index is 4.76. The molecule has 1 aliphatic rings. The molecule has 0 saturated carbocycles. The number of rotatable bonds is 4. The first kappa shape index (κ1) is 20.6. The topological polar surface area (TPSA) is 15.6 Å². The Morgan fingerprint density at radius 1 is 1.07 bits per heavy atom. The summed E-state index contributed by atoms with van der Waals surface area (Å²) in [6, 6.07) is 13.8. The van der Waals surface area contributed by atoms with Crippen LogP contribution >= 0.6 is 0 Å². The summed E-state index contributed by atoms with van der Waals surface area (Å²) >= 11 is 0. The number of benzene rings is 2. The summed E-state index contributed by atoms with van der Waals surface area (Å²) in [6.07, 6.45) is 3.21. The van der Waals surface area contributed by atoms with Crippen LogP contribution in [0.3, 0.4) is 0 Å². The van der Waals surface area contributed by atoms with Crippen LogP contribution in [0.4, 0.5) is 11.4 Å². The van der Waals surface area contributed by atoms with Crippen molar-refractivity contribution in [3.8, 4) is 0 Å². The van der Waals surface area contributed by atoms with Crippen molar-refractivity contribution in [1.29, 1.82) is 0 Å². The second kappa shape index (κ2) is 7.73. The Morgan fingerprint density at radius 2 is 1.71 bits per heavy atom. The minimum atomic E-state index is 0.181. The molecule has 2 aromatic carbocycles. The molecule has 3 rings (SSSR count). The molecule has 0 N–H and O–H groups in total. The van der Waals surface area contributed by atoms with Gasteiger partial charge in [0.25, 0.3) is 0 Å². The molecule has 1 atom stereocenters. The minimum absolute atomic E-state index is 0.181. The number of nitrogens with zero attached hydrogens (tertiary/aromatic N) is 2. The van der Waals surface area contributed by atoms with Gasteiger partial charge < -0.3 is 4.90 Å². The molecule has 0 spiro atoms. The molecule has 150 valence electrons. The molecule has 0 aliphatic carbocycles. The smallest absolute Gasteiger partial charge is 0.0630 e. The molecule has 28 heavy (non-hydrogen) atoms. The van der Waals surface area contributed by atoms with E-state index in [9.17, 15) is 0 Å². The predicted molar refractivity (Wildman–Crippen MR) is 124 cm³/mol. The van der Waals surface area contributed by atoms with Gasteiger partial charge in [0.2, 0.25) is 0 Å². The van der Waals surface area contributed by atoms with Crippen LogP contribution in [0.2, 0.25) is 0 Å². The van der Waals surface area contributed by atoms with E-state index >= 15 is 0 Å². The molecule has 1 unspecified atom stereocenters. The molecule has 2 heteroatoms. The van der Waals surface area contributed by atoms with Crippen molar-refractivity contribution in [3.63, 3.8) is 0 Å². The molecule has 1 heterocycles. The minimum Gasteiger partial charge on any atom is -0.364 e. The highest BCUT2D eigenvalue weighted by Gasteiger charge is 2.37. The van der Waals surface area contributed by atoms with Gasteiger partial charge in [-0.2, -0.15) is 0 Å². The summed E-state index contributed by atoms with van der Waals surface area (Å²) in [5, 5.41) is 0. The van der Waals surface area contributed by atoms with Crippen LogP contribution in [0.15, 0.2) is 41.4 Å². The standard InChI is InChI=1S/C26H36N2/c1-17(2)21-9-11-23(12-10-21)27-16-22-14-24-20(6)15-26(7,8)28(18(3)4)25(24)13-19(22)5/h9-14,16-18,20H,15H2,1-8H3. The Labute approximate surface area is 171 Å². The van der Waals surface area contributed by atoms with Crippen molar-refractivity contribution < 1.29 is 0 Å². The maximum Gasteiger partial charge on any atom is 0.0630 e. The first-order valence-corrected chi connectivity index (χ1v) is 10.7. The lowest BCUT2D eigenvalue weighted by atomic mass is 9.78. The average molecular weight is 377 g/mol. The number of hydrogen-bond donors (Lipinski definition) is 0. The van der Waals surface area contributed by atoms with E-state index in [1.165, 1.54) is 34.4 Å². The van der Waals surface area contributed by atoms with E-state index in [0.29, 0.717) is 17.9 Å². The van der Waals surface area contributed by atoms with Gasteiger partial charge in [0.05, 0.1) is 5.69 Å². The van der Waals surface area contributed by atoms with Crippen LogP contribution in [0.1, 0.15) is 89.0 Å². The summed E-state index contributed by atoms with van der Waals surface area (Å²) in [4.78, 5) is 7.35. The third kappa shape index (κ3) is 4.01. The molecule has 0 radical (unpaired) electrons. The third-order valence-electron chi connectivity index (χ3n) is 6.09. The largest absolute Gasteiger partial charge is 0.364 e. The summed E-state index contributed by atoms with van der Waals surface area (Å²) in [7, 11) is 0. The summed E-state index contributed by atoms with van der Waals surface area (Å²) < 4.78 is 0. The van der Waals surface area contributed by atoms with Crippen molar-refractivity contribution >= 4 is 17.6 Å². The molecule has 0 aromatic heterocycles. The van der Waals surface area contributed by atoms with Crippen LogP contribution in [-0.4, -0.2) is 17.8 Å². The second-order valence-corrected chi connectivity index (χ2v) is 9.65. The van der Waals surface area contributed by atoms with E-state index in [4.69, 9.17) is 4.99 Å². The Morgan fingerprint density at radius 3 is 2.29 bits per heavy atom. The van der Waals surface area contributed by atoms with E-state index in [1.807, 2.05) is 6.21 Å². The number of hydrogen-bond acceptors (Lipinski definition) is 2. The van der Waals surface area contributed by atoms with E-state index < -0.39 is 0 Å². The Hall–Kier alpha value is -2.09. The molecule has 0 fully saturated rings. The molecule has 0 amide bonds. The van der Waals surface area contributed by atoms with Crippen molar-refractivity contribution in [2.75, 3.05) is 4.90 Å². The number of fused-ring (bicyclic) bond motifs is 1. The first-order valence-electron chi connectivity index (χ1n) is 10.7. The maximum atomic E-state index is 4.76. The summed E-state index contributed by atoms with van der Waals surface area (Å²) in [6.45, 7) is 18.3. The highest BCUT2D eigenvalue weighted by atomic mass is 15.2. The molecular formula is C26H36N2. The molecule has 0 bridgehead atoms. The first-order chi connectivity index (χ1) is 13.1. The fourth-order valence-corrected chi connectivity index (χ4v) is 4.82. The second-order valence-electron chi connectivity index (χ2n) is 9.65. The number of aliphatic imine (C=N–C) groups is 1. The lowest BCUT2D eigenvalue weighted by molar-refractivity contribution is 0.356. The quantitative estimate of drug-likeness (QED) is 0.509. The zero-order valence-electron chi connectivity index (χ0n) is 18.9. The Balaban J connectivity index is 1.95. The van der Waals surface area contributed by atoms with Crippen molar-refractivity contribution in [3.05, 3.63) is 58.7 Å². The number of anilines is 1. The fraction of sp³-hybridized carbons (Fsp3) is 0.500. The van der Waals surface area contributed by atoms with Crippen LogP contribution in [0.5, 0.6) is 0 Å². The van der Waals surface area contributed by atoms with Gasteiger partial charge in [-0.05, 0) is 99.4 Å². The zero-order valence-corrected chi connectivity index (χ0v) is 18.9. The fourth-order valence-electron chi connectivity index (χ4n) is 4.82. The highest BCUT2D eigenvalue weighted by Crippen LogP contribution is 2.45. The van der Waals surface area contributed by atoms with Crippen molar-refractivity contribution in [2.24, 2.45) is 4.99 Å². The predicted octanol–water partition coefficient (Wildman–Crippen LogP) is 7.37. The van der Waals surface area contributed by atoms with Gasteiger partial charge in [-0.15, -0.1) is 0 Å². The van der Waals surface area contributed by atoms with Crippen LogP contribution in [0, 0.1) is 6.92 Å². The van der Waals surface area contributed by atoms with Gasteiger partial charge in [0, 0.05) is 23.5 Å². The lowest BCUT2D eigenvalue weighted by Gasteiger charge is -2.50. The number of aryl methyl sites for hydroxylation is 1. The van der Waals surface area contributed by atoms with E-state index in [2.05, 4.69) is 96.7 Å². The molecular weight excluding hydrogens is 340 g/mol. The average Bonchev–Trinajstić information content (AvgIpc) is 2.59. The zero-order chi connectivity index (χ0) is 20.6. The van der Waals surface area contributed by atoms with Crippen molar-refractivity contribution in [2.45, 2.75) is 85.2 Å². The van der Waals surface area contributed by atoms with Crippen LogP contribution in [0.25, 0.3) is 0 Å². The SMILES string of the molecule is Cc1cc2c(cc1C=Nc1ccc(C(C)C)cc1)C(C)CC(C)(C)N2C(C)C. The highest BCUT2D eigenvalue weighted by molar-refractivity contribution is 5.86. The Kier molecular flexibility index (Phi) is 5.70. The molecule has 2 nitrogen and oxygen atoms in total. The van der Waals surface area contributed by atoms with E-state index in [0.717, 1.165) is 5.69 Å². The van der Waals surface area contributed by atoms with Gasteiger partial charge in [-0.1, -0.05) is 32.9 Å². The van der Waals surface area contributed by atoms with Crippen LogP contribution in [-0.2, 0) is 0 Å². The molecule has 0 saturated heterocycles. The van der Waals surface area contributed by atoms with Gasteiger partial charge in [0.1, 0.15) is 0 Å². The van der Waals surface area contributed by atoms with Gasteiger partial charge in [0.15, 0.2) is 0 Å². The van der Waals surface area contributed by atoms with Crippen LogP contribution < -0.4 is 4.90 Å². The van der Waals surface area contributed by atoms with E-state index in [1.54, 1.807) is 0 Å². The van der Waals surface area contributed by atoms with Gasteiger partial charge in [-0.25, -0.2) is 0 Å². The van der Waals surface area contributed by atoms with Gasteiger partial charge in [-0.3, -0.25) is 4.99 Å². The molecule has 1 aliphatic heterocycles. The summed E-state index contributed by atoms with van der Waals surface area (Å²) in [5.74, 6) is 1.11. The monoisotopic (exact) mass is 376 g/mol. The summed E-state index contributed by atoms with van der Waals surface area (Å²) in [5.41, 5.74) is 7.91. The third-order valence-corrected chi connectivity index (χ3v) is 6.09. The normalized spacial score (nSPS) is 18.9. The Bertz CT molecular complexity index is 857. The van der Waals surface area contributed by atoms with E-state index in [-0.39, 0.29) is 5.54 Å². The van der Waals surface area contributed by atoms with Gasteiger partial charge >= 0.3 is 0 Å².